The van der Waals surface area contributed by atoms with E-state index in [9.17, 15) is 27.6 Å². The number of halogens is 2. The van der Waals surface area contributed by atoms with Crippen LogP contribution in [0.5, 0.6) is 5.75 Å². The molecular weight excluding hydrogens is 747 g/mol. The standard InChI is InChI=1S/C40H32F2N6O7S/c1-46-22-47(31-13-14-35(49)44-40(31)52)33-19-30(41)29(18-32(33)46)25-9-7-23(8-10-25)15-36(50)43-27-11-12-28-26(16-27)17-34(55-21-24-5-3-2-4-6-24)39(38(28)42)48-20-37(51)45-56(48,53)54/h2-12,16-19,22,31H,13-15,20-21H2,1H3,(H2-,43,44,45,49,50,51,52)/p+1. The summed E-state index contributed by atoms with van der Waals surface area (Å²) in [4.78, 5) is 49.4. The third-order valence-corrected chi connectivity index (χ3v) is 11.2. The summed E-state index contributed by atoms with van der Waals surface area (Å²) in [5, 5.41) is 5.51. The monoisotopic (exact) mass is 779 g/mol. The quantitative estimate of drug-likeness (QED) is 0.144. The fraction of sp³-hybridized carbons (Fsp3) is 0.175. The minimum absolute atomic E-state index is 0.0127. The van der Waals surface area contributed by atoms with Gasteiger partial charge in [0.25, 0.3) is 11.8 Å². The van der Waals surface area contributed by atoms with Crippen molar-refractivity contribution in [2.75, 3.05) is 16.2 Å². The van der Waals surface area contributed by atoms with Gasteiger partial charge in [-0.05, 0) is 46.3 Å². The van der Waals surface area contributed by atoms with Crippen LogP contribution in [0.3, 0.4) is 0 Å². The van der Waals surface area contributed by atoms with Crippen molar-refractivity contribution in [1.29, 1.82) is 0 Å². The Balaban J connectivity index is 1.01. The summed E-state index contributed by atoms with van der Waals surface area (Å²) in [6.45, 7) is -0.633. The average Bonchev–Trinajstić information content (AvgIpc) is 3.62. The number of carbonyl (C=O) groups is 4. The Hall–Kier alpha value is -6.68. The Morgan fingerprint density at radius 1 is 0.946 bits per heavy atom. The zero-order valence-corrected chi connectivity index (χ0v) is 30.5. The molecule has 56 heavy (non-hydrogen) atoms. The molecular formula is C40H33F2N6O7S+. The van der Waals surface area contributed by atoms with Gasteiger partial charge in [-0.25, -0.2) is 26.9 Å². The third-order valence-electron chi connectivity index (χ3n) is 9.80. The number of carbonyl (C=O) groups excluding carboxylic acids is 4. The first-order valence-electron chi connectivity index (χ1n) is 17.5. The molecule has 1 aromatic heterocycles. The molecule has 16 heteroatoms. The lowest BCUT2D eigenvalue weighted by molar-refractivity contribution is -0.645. The predicted molar refractivity (Wildman–Crippen MR) is 201 cm³/mol. The highest BCUT2D eigenvalue weighted by atomic mass is 32.2. The number of nitrogens with zero attached hydrogens (tertiary/aromatic N) is 3. The van der Waals surface area contributed by atoms with Gasteiger partial charge in [-0.15, -0.1) is 0 Å². The molecule has 5 aromatic carbocycles. The smallest absolute Gasteiger partial charge is 0.326 e. The number of aromatic nitrogens is 2. The molecule has 0 spiro atoms. The topological polar surface area (TPSA) is 160 Å². The maximum atomic E-state index is 16.2. The van der Waals surface area contributed by atoms with Crippen molar-refractivity contribution in [2.24, 2.45) is 7.05 Å². The minimum atomic E-state index is -4.36. The number of fused-ring (bicyclic) bond motifs is 2. The number of ether oxygens (including phenoxy) is 1. The Labute approximate surface area is 318 Å². The van der Waals surface area contributed by atoms with Gasteiger partial charge in [0.1, 0.15) is 30.4 Å². The number of aryl methyl sites for hydroxylation is 1. The molecule has 2 aliphatic heterocycles. The largest absolute Gasteiger partial charge is 0.487 e. The van der Waals surface area contributed by atoms with E-state index in [2.05, 4.69) is 10.6 Å². The molecule has 1 atom stereocenters. The minimum Gasteiger partial charge on any atom is -0.487 e. The molecule has 8 rings (SSSR count). The first-order chi connectivity index (χ1) is 26.8. The number of imidazole rings is 1. The van der Waals surface area contributed by atoms with Gasteiger partial charge in [-0.1, -0.05) is 54.6 Å². The van der Waals surface area contributed by atoms with Crippen LogP contribution >= 0.6 is 0 Å². The third kappa shape index (κ3) is 6.90. The predicted octanol–water partition coefficient (Wildman–Crippen LogP) is 4.48. The lowest BCUT2D eigenvalue weighted by Crippen LogP contribution is -2.41. The molecule has 2 fully saturated rings. The van der Waals surface area contributed by atoms with Gasteiger partial charge in [0.15, 0.2) is 22.9 Å². The molecule has 284 valence electrons. The van der Waals surface area contributed by atoms with Gasteiger partial charge >= 0.3 is 10.2 Å². The Morgan fingerprint density at radius 2 is 1.71 bits per heavy atom. The van der Waals surface area contributed by atoms with Crippen molar-refractivity contribution in [3.8, 4) is 16.9 Å². The maximum absolute atomic E-state index is 16.2. The van der Waals surface area contributed by atoms with Crippen LogP contribution in [-0.2, 0) is 49.5 Å². The van der Waals surface area contributed by atoms with Crippen LogP contribution in [-0.4, -0.2) is 43.2 Å². The average molecular weight is 780 g/mol. The molecule has 2 saturated heterocycles. The Kier molecular flexibility index (Phi) is 9.20. The summed E-state index contributed by atoms with van der Waals surface area (Å²) < 4.78 is 69.1. The van der Waals surface area contributed by atoms with Crippen molar-refractivity contribution < 1.29 is 45.7 Å². The molecule has 13 nitrogen and oxygen atoms in total. The lowest BCUT2D eigenvalue weighted by atomic mass is 10.0. The van der Waals surface area contributed by atoms with Gasteiger partial charge in [-0.3, -0.25) is 24.5 Å². The molecule has 4 amide bonds. The second kappa shape index (κ2) is 14.2. The molecule has 0 bridgehead atoms. The molecule has 0 saturated carbocycles. The van der Waals surface area contributed by atoms with E-state index < -0.39 is 51.9 Å². The molecule has 1 unspecified atom stereocenters. The number of nitrogens with one attached hydrogen (secondary N) is 3. The number of imide groups is 1. The molecule has 0 radical (unpaired) electrons. The number of piperidine rings is 1. The lowest BCUT2D eigenvalue weighted by Gasteiger charge is -2.21. The van der Waals surface area contributed by atoms with E-state index in [1.165, 1.54) is 30.3 Å². The van der Waals surface area contributed by atoms with Crippen LogP contribution in [0.2, 0.25) is 0 Å². The fourth-order valence-electron chi connectivity index (χ4n) is 7.09. The van der Waals surface area contributed by atoms with E-state index in [4.69, 9.17) is 4.74 Å². The highest BCUT2D eigenvalue weighted by molar-refractivity contribution is 7.92. The summed E-state index contributed by atoms with van der Waals surface area (Å²) in [5.74, 6) is -3.49. The zero-order chi connectivity index (χ0) is 39.3. The first-order valence-corrected chi connectivity index (χ1v) is 19.0. The maximum Gasteiger partial charge on any atom is 0.326 e. The van der Waals surface area contributed by atoms with E-state index in [0.29, 0.717) is 49.5 Å². The number of hydrogen-bond donors (Lipinski definition) is 3. The van der Waals surface area contributed by atoms with E-state index in [-0.39, 0.29) is 42.4 Å². The first kappa shape index (κ1) is 36.3. The van der Waals surface area contributed by atoms with Gasteiger partial charge in [0.05, 0.1) is 13.5 Å². The van der Waals surface area contributed by atoms with Crippen molar-refractivity contribution in [1.82, 2.24) is 14.6 Å². The van der Waals surface area contributed by atoms with Gasteiger partial charge < -0.3 is 10.1 Å². The normalized spacial score (nSPS) is 16.6. The molecule has 0 aliphatic carbocycles. The Bertz CT molecular complexity index is 2720. The summed E-state index contributed by atoms with van der Waals surface area (Å²) in [6.07, 6.45) is 2.18. The number of benzene rings is 5. The van der Waals surface area contributed by atoms with E-state index >= 15 is 8.78 Å². The van der Waals surface area contributed by atoms with Crippen LogP contribution in [0.1, 0.15) is 30.0 Å². The van der Waals surface area contributed by atoms with Gasteiger partial charge in [-0.2, -0.15) is 8.42 Å². The number of anilines is 2. The summed E-state index contributed by atoms with van der Waals surface area (Å²) in [5.41, 5.74) is 3.42. The Morgan fingerprint density at radius 3 is 2.43 bits per heavy atom. The van der Waals surface area contributed by atoms with Crippen LogP contribution in [0, 0.1) is 11.6 Å². The van der Waals surface area contributed by atoms with Crippen LogP contribution in [0.4, 0.5) is 20.2 Å². The van der Waals surface area contributed by atoms with Gasteiger partial charge in [0, 0.05) is 41.6 Å². The molecule has 3 N–H and O–H groups in total. The molecule has 3 heterocycles. The molecule has 2 aliphatic rings. The summed E-state index contributed by atoms with van der Waals surface area (Å²) in [6, 6.07) is 24.1. The molecule has 6 aromatic rings. The highest BCUT2D eigenvalue weighted by Gasteiger charge is 2.38. The second-order valence-corrected chi connectivity index (χ2v) is 15.2. The van der Waals surface area contributed by atoms with Gasteiger partial charge in [0.2, 0.25) is 18.1 Å². The zero-order valence-electron chi connectivity index (χ0n) is 29.7. The van der Waals surface area contributed by atoms with Crippen LogP contribution in [0.15, 0.2) is 97.3 Å². The van der Waals surface area contributed by atoms with E-state index in [1.54, 1.807) is 77.1 Å². The highest BCUT2D eigenvalue weighted by Crippen LogP contribution is 2.40. The van der Waals surface area contributed by atoms with Crippen molar-refractivity contribution in [2.45, 2.75) is 31.9 Å². The second-order valence-electron chi connectivity index (χ2n) is 13.6. The van der Waals surface area contributed by atoms with Crippen LogP contribution in [0.25, 0.3) is 32.9 Å². The number of rotatable bonds is 9. The van der Waals surface area contributed by atoms with Crippen LogP contribution < -0.4 is 29.0 Å². The van der Waals surface area contributed by atoms with Crippen molar-refractivity contribution in [3.05, 3.63) is 120 Å². The summed E-state index contributed by atoms with van der Waals surface area (Å²) in [7, 11) is -2.57. The fourth-order valence-corrected chi connectivity index (χ4v) is 8.25. The van der Waals surface area contributed by atoms with Crippen molar-refractivity contribution in [3.63, 3.8) is 0 Å². The van der Waals surface area contributed by atoms with E-state index in [1.807, 2.05) is 10.8 Å². The number of hydrogen-bond acceptors (Lipinski definition) is 7. The summed E-state index contributed by atoms with van der Waals surface area (Å²) >= 11 is 0. The number of amides is 4. The SMILES string of the molecule is C[n+]1cn(C2CCC(=O)NC2=O)c2cc(F)c(-c3ccc(CC(=O)Nc4ccc5c(F)c(N6CC(=O)NS6(=O)=O)c(OCc6ccccc6)cc5c4)cc3)cc21. The van der Waals surface area contributed by atoms with Crippen molar-refractivity contribution >= 4 is 67.0 Å². The van der Waals surface area contributed by atoms with E-state index in [0.717, 1.165) is 5.56 Å².